The molecule has 9 heteroatoms. The molecule has 0 fully saturated rings. The van der Waals surface area contributed by atoms with E-state index in [1.807, 2.05) is 38.1 Å². The van der Waals surface area contributed by atoms with Crippen molar-refractivity contribution in [2.45, 2.75) is 32.5 Å². The number of ether oxygens (including phenoxy) is 1. The average Bonchev–Trinajstić information content (AvgIpc) is 3.05. The van der Waals surface area contributed by atoms with Gasteiger partial charge in [0.1, 0.15) is 11.6 Å². The second kappa shape index (κ2) is 7.42. The van der Waals surface area contributed by atoms with E-state index < -0.39 is 12.0 Å². The third kappa shape index (κ3) is 4.12. The highest BCUT2D eigenvalue weighted by molar-refractivity contribution is 5.45. The molecule has 0 aliphatic rings. The van der Waals surface area contributed by atoms with Crippen LogP contribution in [0.5, 0.6) is 5.75 Å². The van der Waals surface area contributed by atoms with Gasteiger partial charge < -0.3 is 10.1 Å². The van der Waals surface area contributed by atoms with Crippen molar-refractivity contribution < 1.29 is 17.9 Å². The van der Waals surface area contributed by atoms with Crippen molar-refractivity contribution in [1.82, 2.24) is 19.8 Å². The minimum atomic E-state index is -4.63. The fourth-order valence-corrected chi connectivity index (χ4v) is 2.79. The standard InChI is InChI=1S/C18H20F3N5O/c1-11(2)13(10-12-6-4-5-7-14(12)27-3)22-15-8-9-16-23-24-17(18(19,20)21)26(16)25-15/h4-9,11,13H,10H2,1-3H3,(H,22,25). The van der Waals surface area contributed by atoms with Crippen molar-refractivity contribution in [3.05, 3.63) is 47.8 Å². The number of rotatable bonds is 6. The van der Waals surface area contributed by atoms with Crippen molar-refractivity contribution in [2.24, 2.45) is 5.92 Å². The van der Waals surface area contributed by atoms with Crippen LogP contribution in [0.1, 0.15) is 25.2 Å². The van der Waals surface area contributed by atoms with Crippen molar-refractivity contribution in [1.29, 1.82) is 0 Å². The molecule has 0 aliphatic heterocycles. The van der Waals surface area contributed by atoms with Crippen molar-refractivity contribution >= 4 is 11.5 Å². The Morgan fingerprint density at radius 3 is 2.52 bits per heavy atom. The van der Waals surface area contributed by atoms with Crippen LogP contribution in [0.4, 0.5) is 19.0 Å². The smallest absolute Gasteiger partial charge is 0.453 e. The molecule has 0 amide bonds. The normalized spacial score (nSPS) is 13.1. The molecule has 0 aliphatic carbocycles. The molecule has 3 aromatic rings. The molecule has 1 aromatic carbocycles. The number of fused-ring (bicyclic) bond motifs is 1. The molecule has 0 radical (unpaired) electrons. The van der Waals surface area contributed by atoms with Gasteiger partial charge in [-0.3, -0.25) is 0 Å². The summed E-state index contributed by atoms with van der Waals surface area (Å²) in [7, 11) is 1.61. The van der Waals surface area contributed by atoms with Crippen LogP contribution in [-0.2, 0) is 12.6 Å². The maximum atomic E-state index is 13.0. The first-order valence-corrected chi connectivity index (χ1v) is 8.47. The molecular weight excluding hydrogens is 359 g/mol. The van der Waals surface area contributed by atoms with E-state index >= 15 is 0 Å². The molecule has 0 saturated carbocycles. The third-order valence-electron chi connectivity index (χ3n) is 4.29. The third-order valence-corrected chi connectivity index (χ3v) is 4.29. The topological polar surface area (TPSA) is 64.3 Å². The Bertz CT molecular complexity index is 923. The summed E-state index contributed by atoms with van der Waals surface area (Å²) in [5.74, 6) is 0.148. The lowest BCUT2D eigenvalue weighted by atomic mass is 9.96. The summed E-state index contributed by atoms with van der Waals surface area (Å²) in [5.41, 5.74) is 1.05. The number of anilines is 1. The first-order chi connectivity index (χ1) is 12.8. The number of hydrogen-bond acceptors (Lipinski definition) is 5. The number of para-hydroxylation sites is 1. The minimum Gasteiger partial charge on any atom is -0.496 e. The predicted molar refractivity (Wildman–Crippen MR) is 94.7 cm³/mol. The Kier molecular flexibility index (Phi) is 5.20. The van der Waals surface area contributed by atoms with Crippen LogP contribution in [0.15, 0.2) is 36.4 Å². The second-order valence-corrected chi connectivity index (χ2v) is 6.52. The number of methoxy groups -OCH3 is 1. The van der Waals surface area contributed by atoms with Gasteiger partial charge >= 0.3 is 6.18 Å². The molecule has 0 spiro atoms. The van der Waals surface area contributed by atoms with Gasteiger partial charge in [-0.05, 0) is 36.1 Å². The largest absolute Gasteiger partial charge is 0.496 e. The Labute approximate surface area is 154 Å². The molecule has 144 valence electrons. The van der Waals surface area contributed by atoms with Crippen LogP contribution in [0, 0.1) is 5.92 Å². The fourth-order valence-electron chi connectivity index (χ4n) is 2.79. The minimum absolute atomic E-state index is 0.0405. The molecule has 3 rings (SSSR count). The summed E-state index contributed by atoms with van der Waals surface area (Å²) in [6.07, 6.45) is -3.99. The van der Waals surface area contributed by atoms with E-state index in [4.69, 9.17) is 4.74 Å². The summed E-state index contributed by atoms with van der Waals surface area (Å²) < 4.78 is 45.2. The Morgan fingerprint density at radius 1 is 1.11 bits per heavy atom. The average molecular weight is 379 g/mol. The first kappa shape index (κ1) is 18.9. The zero-order chi connectivity index (χ0) is 19.6. The lowest BCUT2D eigenvalue weighted by Gasteiger charge is -2.24. The Morgan fingerprint density at radius 2 is 1.85 bits per heavy atom. The summed E-state index contributed by atoms with van der Waals surface area (Å²) in [5, 5.41) is 14.0. The molecule has 1 atom stereocenters. The van der Waals surface area contributed by atoms with E-state index in [1.54, 1.807) is 13.2 Å². The number of aromatic nitrogens is 4. The summed E-state index contributed by atoms with van der Waals surface area (Å²) in [6.45, 7) is 4.07. The highest BCUT2D eigenvalue weighted by Gasteiger charge is 2.37. The highest BCUT2D eigenvalue weighted by atomic mass is 19.4. The van der Waals surface area contributed by atoms with E-state index in [-0.39, 0.29) is 17.6 Å². The molecule has 1 N–H and O–H groups in total. The molecule has 0 bridgehead atoms. The maximum absolute atomic E-state index is 13.0. The number of halogens is 3. The number of alkyl halides is 3. The van der Waals surface area contributed by atoms with Gasteiger partial charge in [-0.15, -0.1) is 15.3 Å². The molecular formula is C18H20F3N5O. The Balaban J connectivity index is 1.88. The summed E-state index contributed by atoms with van der Waals surface area (Å²) >= 11 is 0. The lowest BCUT2D eigenvalue weighted by molar-refractivity contribution is -0.146. The predicted octanol–water partition coefficient (Wildman–Crippen LogP) is 3.83. The van der Waals surface area contributed by atoms with E-state index in [0.717, 1.165) is 11.3 Å². The second-order valence-electron chi connectivity index (χ2n) is 6.52. The molecule has 2 aromatic heterocycles. The molecule has 1 unspecified atom stereocenters. The Hall–Kier alpha value is -2.84. The quantitative estimate of drug-likeness (QED) is 0.705. The number of hydrogen-bond donors (Lipinski definition) is 1. The number of benzene rings is 1. The first-order valence-electron chi connectivity index (χ1n) is 8.47. The molecule has 0 saturated heterocycles. The van der Waals surface area contributed by atoms with Crippen molar-refractivity contribution in [3.63, 3.8) is 0 Å². The van der Waals surface area contributed by atoms with Crippen molar-refractivity contribution in [2.75, 3.05) is 12.4 Å². The number of nitrogens with zero attached hydrogens (tertiary/aromatic N) is 4. The van der Waals surface area contributed by atoms with E-state index in [2.05, 4.69) is 20.6 Å². The van der Waals surface area contributed by atoms with Crippen molar-refractivity contribution in [3.8, 4) is 5.75 Å². The number of nitrogens with one attached hydrogen (secondary N) is 1. The lowest BCUT2D eigenvalue weighted by Crippen LogP contribution is -2.29. The van der Waals surface area contributed by atoms with Gasteiger partial charge in [-0.1, -0.05) is 32.0 Å². The van der Waals surface area contributed by atoms with Gasteiger partial charge in [0, 0.05) is 6.04 Å². The van der Waals surface area contributed by atoms with Crippen LogP contribution in [-0.4, -0.2) is 33.0 Å². The van der Waals surface area contributed by atoms with E-state index in [9.17, 15) is 13.2 Å². The van der Waals surface area contributed by atoms with Crippen LogP contribution in [0.2, 0.25) is 0 Å². The SMILES string of the molecule is COc1ccccc1CC(Nc1ccc2nnc(C(F)(F)F)n2n1)C(C)C. The van der Waals surface area contributed by atoms with E-state index in [1.165, 1.54) is 6.07 Å². The summed E-state index contributed by atoms with van der Waals surface area (Å²) in [6, 6.07) is 10.7. The van der Waals surface area contributed by atoms with Gasteiger partial charge in [-0.2, -0.15) is 17.7 Å². The van der Waals surface area contributed by atoms with E-state index in [0.29, 0.717) is 16.8 Å². The van der Waals surface area contributed by atoms with Crippen LogP contribution in [0.3, 0.4) is 0 Å². The molecule has 27 heavy (non-hydrogen) atoms. The highest BCUT2D eigenvalue weighted by Crippen LogP contribution is 2.28. The van der Waals surface area contributed by atoms with Gasteiger partial charge in [0.05, 0.1) is 7.11 Å². The summed E-state index contributed by atoms with van der Waals surface area (Å²) in [4.78, 5) is 0. The van der Waals surface area contributed by atoms with Gasteiger partial charge in [-0.25, -0.2) is 0 Å². The molecule has 6 nitrogen and oxygen atoms in total. The monoisotopic (exact) mass is 379 g/mol. The van der Waals surface area contributed by atoms with Crippen LogP contribution >= 0.6 is 0 Å². The van der Waals surface area contributed by atoms with Gasteiger partial charge in [0.15, 0.2) is 5.65 Å². The van der Waals surface area contributed by atoms with Crippen LogP contribution in [0.25, 0.3) is 5.65 Å². The zero-order valence-electron chi connectivity index (χ0n) is 15.2. The zero-order valence-corrected chi connectivity index (χ0v) is 15.2. The van der Waals surface area contributed by atoms with Gasteiger partial charge in [0.2, 0.25) is 0 Å². The van der Waals surface area contributed by atoms with Crippen LogP contribution < -0.4 is 10.1 Å². The van der Waals surface area contributed by atoms with Gasteiger partial charge in [0.25, 0.3) is 5.82 Å². The molecule has 2 heterocycles. The maximum Gasteiger partial charge on any atom is 0.453 e. The fraction of sp³-hybridized carbons (Fsp3) is 0.389.